The molecule has 1 rings (SSSR count). The maximum Gasteiger partial charge on any atom is 0.340 e. The fourth-order valence-corrected chi connectivity index (χ4v) is 3.22. The minimum atomic E-state index is -0.308. The molecule has 1 aromatic carbocycles. The lowest BCUT2D eigenvalue weighted by atomic mass is 10.0. The predicted molar refractivity (Wildman–Crippen MR) is 111 cm³/mol. The third-order valence-electron chi connectivity index (χ3n) is 4.91. The van der Waals surface area contributed by atoms with E-state index in [-0.39, 0.29) is 5.97 Å². The zero-order chi connectivity index (χ0) is 18.9. The molecule has 0 aliphatic heterocycles. The molecule has 0 saturated carbocycles. The van der Waals surface area contributed by atoms with Gasteiger partial charge in [-0.2, -0.15) is 0 Å². The Hall–Kier alpha value is -1.51. The van der Waals surface area contributed by atoms with Crippen molar-refractivity contribution >= 4 is 11.7 Å². The summed E-state index contributed by atoms with van der Waals surface area (Å²) in [4.78, 5) is 11.9. The van der Waals surface area contributed by atoms with E-state index in [2.05, 4.69) is 6.92 Å². The molecule has 0 bridgehead atoms. The molecule has 0 aromatic heterocycles. The molecule has 3 heteroatoms. The first-order valence-electron chi connectivity index (χ1n) is 10.8. The van der Waals surface area contributed by atoms with Crippen LogP contribution in [-0.2, 0) is 4.74 Å². The van der Waals surface area contributed by atoms with Crippen LogP contribution in [0.1, 0.15) is 107 Å². The van der Waals surface area contributed by atoms with Crippen molar-refractivity contribution in [2.45, 2.75) is 96.8 Å². The van der Waals surface area contributed by atoms with Crippen LogP contribution in [0.5, 0.6) is 0 Å². The van der Waals surface area contributed by atoms with Gasteiger partial charge in [-0.05, 0) is 18.6 Å². The van der Waals surface area contributed by atoms with Gasteiger partial charge in [0, 0.05) is 5.69 Å². The Morgan fingerprint density at radius 3 is 1.73 bits per heavy atom. The molecule has 2 N–H and O–H groups in total. The van der Waals surface area contributed by atoms with Crippen molar-refractivity contribution in [3.05, 3.63) is 29.8 Å². The lowest BCUT2D eigenvalue weighted by molar-refractivity contribution is 0.0499. The summed E-state index contributed by atoms with van der Waals surface area (Å²) in [5.41, 5.74) is 6.73. The summed E-state index contributed by atoms with van der Waals surface area (Å²) in [5, 5.41) is 0. The zero-order valence-electron chi connectivity index (χ0n) is 16.8. The number of nitrogen functional groups attached to an aromatic ring is 1. The van der Waals surface area contributed by atoms with Gasteiger partial charge in [0.05, 0.1) is 12.2 Å². The van der Waals surface area contributed by atoms with Crippen LogP contribution in [0.15, 0.2) is 24.3 Å². The smallest absolute Gasteiger partial charge is 0.340 e. The quantitative estimate of drug-likeness (QED) is 0.198. The van der Waals surface area contributed by atoms with Crippen molar-refractivity contribution in [1.82, 2.24) is 0 Å². The van der Waals surface area contributed by atoms with Crippen LogP contribution in [0.2, 0.25) is 0 Å². The van der Waals surface area contributed by atoms with E-state index < -0.39 is 0 Å². The second kappa shape index (κ2) is 15.7. The van der Waals surface area contributed by atoms with Gasteiger partial charge in [0.1, 0.15) is 0 Å². The maximum atomic E-state index is 11.9. The second-order valence-corrected chi connectivity index (χ2v) is 7.32. The SMILES string of the molecule is CCCCCCCCCCCCCCCCOC(=O)c1ccccc1N. The van der Waals surface area contributed by atoms with Crippen LogP contribution in [0, 0.1) is 0 Å². The van der Waals surface area contributed by atoms with Crippen LogP contribution in [0.3, 0.4) is 0 Å². The second-order valence-electron chi connectivity index (χ2n) is 7.32. The first-order valence-corrected chi connectivity index (χ1v) is 10.8. The summed E-state index contributed by atoms with van der Waals surface area (Å²) in [5.74, 6) is -0.308. The lowest BCUT2D eigenvalue weighted by Gasteiger charge is -2.07. The highest BCUT2D eigenvalue weighted by molar-refractivity contribution is 5.94. The van der Waals surface area contributed by atoms with E-state index in [1.165, 1.54) is 77.0 Å². The number of benzene rings is 1. The Morgan fingerprint density at radius 1 is 0.769 bits per heavy atom. The van der Waals surface area contributed by atoms with Gasteiger partial charge in [0.2, 0.25) is 0 Å². The number of carbonyl (C=O) groups is 1. The fourth-order valence-electron chi connectivity index (χ4n) is 3.22. The van der Waals surface area contributed by atoms with E-state index in [1.54, 1.807) is 18.2 Å². The number of hydrogen-bond donors (Lipinski definition) is 1. The Morgan fingerprint density at radius 2 is 1.23 bits per heavy atom. The van der Waals surface area contributed by atoms with E-state index in [1.807, 2.05) is 6.07 Å². The highest BCUT2D eigenvalue weighted by Crippen LogP contribution is 2.14. The largest absolute Gasteiger partial charge is 0.462 e. The van der Waals surface area contributed by atoms with Gasteiger partial charge in [0.25, 0.3) is 0 Å². The molecule has 0 unspecified atom stereocenters. The first kappa shape index (κ1) is 22.5. The average molecular weight is 362 g/mol. The minimum Gasteiger partial charge on any atom is -0.462 e. The Balaban J connectivity index is 1.84. The first-order chi connectivity index (χ1) is 12.8. The van der Waals surface area contributed by atoms with E-state index >= 15 is 0 Å². The summed E-state index contributed by atoms with van der Waals surface area (Å²) in [6, 6.07) is 7.06. The molecule has 0 aliphatic carbocycles. The summed E-state index contributed by atoms with van der Waals surface area (Å²) in [6.45, 7) is 2.76. The number of anilines is 1. The minimum absolute atomic E-state index is 0.308. The monoisotopic (exact) mass is 361 g/mol. The van der Waals surface area contributed by atoms with Crippen molar-refractivity contribution < 1.29 is 9.53 Å². The number of ether oxygens (including phenoxy) is 1. The Bertz CT molecular complexity index is 473. The van der Waals surface area contributed by atoms with E-state index in [4.69, 9.17) is 10.5 Å². The summed E-state index contributed by atoms with van der Waals surface area (Å²) >= 11 is 0. The summed E-state index contributed by atoms with van der Waals surface area (Å²) < 4.78 is 5.30. The molecule has 0 fully saturated rings. The number of hydrogen-bond acceptors (Lipinski definition) is 3. The molecule has 0 spiro atoms. The zero-order valence-corrected chi connectivity index (χ0v) is 16.8. The van der Waals surface area contributed by atoms with Crippen LogP contribution in [-0.4, -0.2) is 12.6 Å². The van der Waals surface area contributed by atoms with Crippen LogP contribution < -0.4 is 5.73 Å². The fraction of sp³-hybridized carbons (Fsp3) is 0.696. The van der Waals surface area contributed by atoms with Crippen LogP contribution >= 0.6 is 0 Å². The van der Waals surface area contributed by atoms with Gasteiger partial charge < -0.3 is 10.5 Å². The van der Waals surface area contributed by atoms with E-state index in [9.17, 15) is 4.79 Å². The standard InChI is InChI=1S/C23H39NO2/c1-2-3-4-5-6-7-8-9-10-11-12-13-14-17-20-26-23(25)21-18-15-16-19-22(21)24/h15-16,18-19H,2-14,17,20,24H2,1H3. The Kier molecular flexibility index (Phi) is 13.6. The van der Waals surface area contributed by atoms with Gasteiger partial charge in [-0.15, -0.1) is 0 Å². The lowest BCUT2D eigenvalue weighted by Crippen LogP contribution is -2.09. The number of carbonyl (C=O) groups excluding carboxylic acids is 1. The molecule has 0 saturated heterocycles. The van der Waals surface area contributed by atoms with Crippen LogP contribution in [0.4, 0.5) is 5.69 Å². The van der Waals surface area contributed by atoms with Crippen molar-refractivity contribution in [2.24, 2.45) is 0 Å². The molecule has 3 nitrogen and oxygen atoms in total. The van der Waals surface area contributed by atoms with Gasteiger partial charge in [-0.25, -0.2) is 4.79 Å². The molecule has 0 atom stereocenters. The number of nitrogens with two attached hydrogens (primary N) is 1. The maximum absolute atomic E-state index is 11.9. The summed E-state index contributed by atoms with van der Waals surface area (Å²) in [6.07, 6.45) is 18.6. The number of rotatable bonds is 16. The molecule has 26 heavy (non-hydrogen) atoms. The number of unbranched alkanes of at least 4 members (excludes halogenated alkanes) is 13. The van der Waals surface area contributed by atoms with E-state index in [0.717, 1.165) is 12.8 Å². The third kappa shape index (κ3) is 11.2. The number of esters is 1. The molecular formula is C23H39NO2. The molecule has 0 aliphatic rings. The van der Waals surface area contributed by atoms with Gasteiger partial charge in [0.15, 0.2) is 0 Å². The molecule has 0 amide bonds. The van der Waals surface area contributed by atoms with E-state index in [0.29, 0.717) is 17.9 Å². The number of para-hydroxylation sites is 1. The van der Waals surface area contributed by atoms with Gasteiger partial charge >= 0.3 is 5.97 Å². The highest BCUT2D eigenvalue weighted by Gasteiger charge is 2.09. The highest BCUT2D eigenvalue weighted by atomic mass is 16.5. The third-order valence-corrected chi connectivity index (χ3v) is 4.91. The van der Waals surface area contributed by atoms with Gasteiger partial charge in [-0.1, -0.05) is 103 Å². The van der Waals surface area contributed by atoms with Crippen molar-refractivity contribution in [1.29, 1.82) is 0 Å². The predicted octanol–water partition coefficient (Wildman–Crippen LogP) is 6.91. The van der Waals surface area contributed by atoms with Crippen molar-refractivity contribution in [3.8, 4) is 0 Å². The van der Waals surface area contributed by atoms with Crippen molar-refractivity contribution in [2.75, 3.05) is 12.3 Å². The van der Waals surface area contributed by atoms with Crippen LogP contribution in [0.25, 0.3) is 0 Å². The topological polar surface area (TPSA) is 52.3 Å². The molecular weight excluding hydrogens is 322 g/mol. The van der Waals surface area contributed by atoms with Crippen molar-refractivity contribution in [3.63, 3.8) is 0 Å². The normalized spacial score (nSPS) is 10.8. The molecule has 148 valence electrons. The molecule has 1 aromatic rings. The molecule has 0 radical (unpaired) electrons. The average Bonchev–Trinajstić information content (AvgIpc) is 2.65. The Labute approximate surface area is 160 Å². The molecule has 0 heterocycles. The van der Waals surface area contributed by atoms with Gasteiger partial charge in [-0.3, -0.25) is 0 Å². The summed E-state index contributed by atoms with van der Waals surface area (Å²) in [7, 11) is 0.